The molecule has 2 heterocycles. The van der Waals surface area contributed by atoms with Crippen molar-refractivity contribution in [3.05, 3.63) is 77.2 Å². The Morgan fingerprint density at radius 2 is 1.50 bits per heavy atom. The monoisotopic (exact) mass is 288 g/mol. The molecule has 5 heteroatoms. The van der Waals surface area contributed by atoms with E-state index in [4.69, 9.17) is 0 Å². The molecule has 0 spiro atoms. The number of imidazole rings is 1. The zero-order valence-electron chi connectivity index (χ0n) is 11.6. The fraction of sp³-hybridized carbons (Fsp3) is 0. The smallest absolute Gasteiger partial charge is 0.279 e. The highest BCUT2D eigenvalue weighted by Crippen LogP contribution is 2.18. The summed E-state index contributed by atoms with van der Waals surface area (Å²) in [4.78, 5) is 19.4. The van der Waals surface area contributed by atoms with E-state index in [1.807, 2.05) is 66.9 Å². The van der Waals surface area contributed by atoms with Gasteiger partial charge in [0.05, 0.1) is 11.9 Å². The van der Waals surface area contributed by atoms with Crippen LogP contribution < -0.4 is 5.56 Å². The van der Waals surface area contributed by atoms with E-state index in [0.29, 0.717) is 11.5 Å². The number of hydrogen-bond acceptors (Lipinski definition) is 3. The molecule has 0 radical (unpaired) electrons. The molecule has 0 unspecified atom stereocenters. The van der Waals surface area contributed by atoms with Gasteiger partial charge in [0.2, 0.25) is 5.78 Å². The van der Waals surface area contributed by atoms with Crippen LogP contribution in [0.15, 0.2) is 71.7 Å². The van der Waals surface area contributed by atoms with Crippen molar-refractivity contribution in [3.8, 4) is 22.5 Å². The van der Waals surface area contributed by atoms with Crippen LogP contribution in [-0.4, -0.2) is 19.6 Å². The van der Waals surface area contributed by atoms with Crippen LogP contribution in [0.25, 0.3) is 28.3 Å². The number of aromatic nitrogens is 4. The van der Waals surface area contributed by atoms with Gasteiger partial charge in [0.15, 0.2) is 5.69 Å². The lowest BCUT2D eigenvalue weighted by Gasteiger charge is -1.99. The highest BCUT2D eigenvalue weighted by Gasteiger charge is 2.10. The van der Waals surface area contributed by atoms with E-state index in [1.54, 1.807) is 4.52 Å². The lowest BCUT2D eigenvalue weighted by molar-refractivity contribution is 0.894. The molecule has 0 saturated carbocycles. The van der Waals surface area contributed by atoms with Crippen molar-refractivity contribution in [2.45, 2.75) is 0 Å². The van der Waals surface area contributed by atoms with Crippen LogP contribution in [0, 0.1) is 0 Å². The summed E-state index contributed by atoms with van der Waals surface area (Å²) in [6.45, 7) is 0. The molecule has 2 aromatic heterocycles. The van der Waals surface area contributed by atoms with E-state index in [0.717, 1.165) is 16.8 Å². The first-order valence-corrected chi connectivity index (χ1v) is 6.92. The molecule has 0 saturated heterocycles. The largest absolute Gasteiger partial charge is 0.289 e. The SMILES string of the molecule is O=c1[nH]c2nc(-c3ccccc3)cn2nc1-c1ccccc1. The summed E-state index contributed by atoms with van der Waals surface area (Å²) >= 11 is 0. The van der Waals surface area contributed by atoms with E-state index in [1.165, 1.54) is 0 Å². The number of fused-ring (bicyclic) bond motifs is 1. The molecule has 4 aromatic rings. The second kappa shape index (κ2) is 4.96. The van der Waals surface area contributed by atoms with Crippen LogP contribution in [0.5, 0.6) is 0 Å². The van der Waals surface area contributed by atoms with E-state index >= 15 is 0 Å². The Morgan fingerprint density at radius 3 is 2.18 bits per heavy atom. The third kappa shape index (κ3) is 2.09. The molecule has 0 aliphatic rings. The second-order valence-electron chi connectivity index (χ2n) is 4.93. The summed E-state index contributed by atoms with van der Waals surface area (Å²) in [5.41, 5.74) is 2.67. The van der Waals surface area contributed by atoms with Crippen LogP contribution in [0.2, 0.25) is 0 Å². The molecule has 0 aliphatic carbocycles. The molecule has 0 aliphatic heterocycles. The topological polar surface area (TPSA) is 63.0 Å². The Labute approximate surface area is 125 Å². The highest BCUT2D eigenvalue weighted by atomic mass is 16.1. The maximum Gasteiger partial charge on any atom is 0.279 e. The van der Waals surface area contributed by atoms with Gasteiger partial charge in [-0.25, -0.2) is 9.50 Å². The van der Waals surface area contributed by atoms with Crippen LogP contribution in [0.4, 0.5) is 0 Å². The maximum absolute atomic E-state index is 12.2. The molecular formula is C17H12N4O. The zero-order valence-corrected chi connectivity index (χ0v) is 11.6. The Morgan fingerprint density at radius 1 is 0.864 bits per heavy atom. The highest BCUT2D eigenvalue weighted by molar-refractivity contribution is 5.62. The number of nitrogens with zero attached hydrogens (tertiary/aromatic N) is 3. The number of nitrogens with one attached hydrogen (secondary N) is 1. The quantitative estimate of drug-likeness (QED) is 0.617. The van der Waals surface area contributed by atoms with Crippen molar-refractivity contribution in [1.29, 1.82) is 0 Å². The zero-order chi connectivity index (χ0) is 14.9. The summed E-state index contributed by atoms with van der Waals surface area (Å²) in [5.74, 6) is 0.434. The normalized spacial score (nSPS) is 10.9. The summed E-state index contributed by atoms with van der Waals surface area (Å²) < 4.78 is 1.60. The van der Waals surface area contributed by atoms with Gasteiger partial charge in [0.1, 0.15) is 0 Å². The summed E-state index contributed by atoms with van der Waals surface area (Å²) in [6.07, 6.45) is 1.81. The van der Waals surface area contributed by atoms with Gasteiger partial charge < -0.3 is 0 Å². The Bertz CT molecular complexity index is 988. The van der Waals surface area contributed by atoms with Gasteiger partial charge in [-0.15, -0.1) is 0 Å². The second-order valence-corrected chi connectivity index (χ2v) is 4.93. The lowest BCUT2D eigenvalue weighted by Crippen LogP contribution is -2.14. The summed E-state index contributed by atoms with van der Waals surface area (Å²) in [6, 6.07) is 19.2. The molecule has 106 valence electrons. The molecule has 4 rings (SSSR count). The molecule has 2 aromatic carbocycles. The predicted octanol–water partition coefficient (Wildman–Crippen LogP) is 2.75. The standard InChI is InChI=1S/C17H12N4O/c22-16-15(13-9-5-2-6-10-13)20-21-11-14(18-17(21)19-16)12-7-3-1-4-8-12/h1-11H,(H,18,19,22). The van der Waals surface area contributed by atoms with Crippen LogP contribution in [0.1, 0.15) is 0 Å². The van der Waals surface area contributed by atoms with Crippen LogP contribution in [0.3, 0.4) is 0 Å². The van der Waals surface area contributed by atoms with Gasteiger partial charge in [0.25, 0.3) is 5.56 Å². The minimum absolute atomic E-state index is 0.246. The van der Waals surface area contributed by atoms with Gasteiger partial charge in [-0.05, 0) is 0 Å². The fourth-order valence-corrected chi connectivity index (χ4v) is 2.38. The van der Waals surface area contributed by atoms with Crippen molar-refractivity contribution in [2.24, 2.45) is 0 Å². The van der Waals surface area contributed by atoms with E-state index in [9.17, 15) is 4.79 Å². The third-order valence-corrected chi connectivity index (χ3v) is 3.45. The van der Waals surface area contributed by atoms with Crippen LogP contribution in [-0.2, 0) is 0 Å². The number of hydrogen-bond donors (Lipinski definition) is 1. The minimum Gasteiger partial charge on any atom is -0.289 e. The number of aromatic amines is 1. The van der Waals surface area contributed by atoms with E-state index < -0.39 is 0 Å². The third-order valence-electron chi connectivity index (χ3n) is 3.45. The Balaban J connectivity index is 1.90. The van der Waals surface area contributed by atoms with Crippen molar-refractivity contribution in [3.63, 3.8) is 0 Å². The first-order chi connectivity index (χ1) is 10.8. The maximum atomic E-state index is 12.2. The molecular weight excluding hydrogens is 276 g/mol. The Kier molecular flexibility index (Phi) is 2.83. The molecule has 22 heavy (non-hydrogen) atoms. The molecule has 5 nitrogen and oxygen atoms in total. The molecule has 0 bridgehead atoms. The van der Waals surface area contributed by atoms with Crippen molar-refractivity contribution in [1.82, 2.24) is 19.6 Å². The van der Waals surface area contributed by atoms with E-state index in [-0.39, 0.29) is 5.56 Å². The summed E-state index contributed by atoms with van der Waals surface area (Å²) in [7, 11) is 0. The van der Waals surface area contributed by atoms with Gasteiger partial charge in [-0.2, -0.15) is 5.10 Å². The average Bonchev–Trinajstić information content (AvgIpc) is 2.98. The van der Waals surface area contributed by atoms with Crippen LogP contribution >= 0.6 is 0 Å². The number of H-pyrrole nitrogens is 1. The molecule has 0 atom stereocenters. The number of benzene rings is 2. The average molecular weight is 288 g/mol. The first kappa shape index (κ1) is 12.5. The van der Waals surface area contributed by atoms with Gasteiger partial charge in [-0.3, -0.25) is 9.78 Å². The van der Waals surface area contributed by atoms with Gasteiger partial charge in [0, 0.05) is 11.1 Å². The number of rotatable bonds is 2. The van der Waals surface area contributed by atoms with Gasteiger partial charge in [-0.1, -0.05) is 60.7 Å². The summed E-state index contributed by atoms with van der Waals surface area (Å²) in [5, 5.41) is 4.40. The van der Waals surface area contributed by atoms with Gasteiger partial charge >= 0.3 is 0 Å². The first-order valence-electron chi connectivity index (χ1n) is 6.92. The van der Waals surface area contributed by atoms with Crippen molar-refractivity contribution in [2.75, 3.05) is 0 Å². The Hall–Kier alpha value is -3.21. The molecule has 1 N–H and O–H groups in total. The van der Waals surface area contributed by atoms with Crippen molar-refractivity contribution < 1.29 is 0 Å². The molecule has 0 fully saturated rings. The fourth-order valence-electron chi connectivity index (χ4n) is 2.38. The predicted molar refractivity (Wildman–Crippen MR) is 84.5 cm³/mol. The minimum atomic E-state index is -0.246. The van der Waals surface area contributed by atoms with Crippen molar-refractivity contribution >= 4 is 5.78 Å². The molecule has 0 amide bonds. The van der Waals surface area contributed by atoms with E-state index in [2.05, 4.69) is 15.1 Å². The lowest BCUT2D eigenvalue weighted by atomic mass is 10.2.